The number of Topliss-reactive ketones (excluding diaryl/α,β-unsaturated/α-hetero) is 5. The minimum absolute atomic E-state index is 0. The molecule has 139 heavy (non-hydrogen) atoms. The number of primary amides is 1. The molecule has 0 saturated heterocycles. The fourth-order valence-corrected chi connectivity index (χ4v) is 3.76. The molecule has 0 aliphatic carbocycles. The number of ether oxygens (including phenoxy) is 12. The Kier molecular flexibility index (Phi) is 148. The van der Waals surface area contributed by atoms with Crippen molar-refractivity contribution >= 4 is 244 Å². The molecule has 0 rings (SSSR count). The second-order valence-electron chi connectivity index (χ2n) is 25.4. The van der Waals surface area contributed by atoms with E-state index in [-0.39, 0.29) is 268 Å². The third kappa shape index (κ3) is 139. The van der Waals surface area contributed by atoms with Gasteiger partial charge in [-0.25, -0.2) is 9.59 Å². The number of carbonyl (C=O) groups is 18. The Morgan fingerprint density at radius 2 is 0.662 bits per heavy atom. The number of halogens is 7. The number of nitriles is 1. The summed E-state index contributed by atoms with van der Waals surface area (Å²) in [6.45, 7) is 32.4. The zero-order chi connectivity index (χ0) is 105. The van der Waals surface area contributed by atoms with Crippen molar-refractivity contribution in [2.75, 3.05) is 88.4 Å². The summed E-state index contributed by atoms with van der Waals surface area (Å²) in [6, 6.07) is 1.68. The van der Waals surface area contributed by atoms with Crippen molar-refractivity contribution in [2.24, 2.45) is 47.7 Å². The summed E-state index contributed by atoms with van der Waals surface area (Å²) in [7, 11) is 5.29. The summed E-state index contributed by atoms with van der Waals surface area (Å²) in [5, 5.41) is 82.8. The number of alkyl halides is 1. The molecule has 808 valence electrons. The van der Waals surface area contributed by atoms with E-state index >= 15 is 0 Å². The fraction of sp³-hybridized carbons (Fsp3) is 0.640. The number of rotatable bonds is 45. The van der Waals surface area contributed by atoms with Gasteiger partial charge in [-0.2, -0.15) is 12.4 Å². The minimum atomic E-state index is -3.69. The molecular weight excluding hydrogens is 2110 g/mol. The van der Waals surface area contributed by atoms with E-state index in [0.29, 0.717) is 32.6 Å². The molecule has 0 aliphatic heterocycles. The van der Waals surface area contributed by atoms with Crippen molar-refractivity contribution in [3.05, 3.63) is 10.1 Å². The number of oxime groups is 6. The molecule has 1 amide bonds. The Bertz CT molecular complexity index is 3540. The molecule has 0 unspecified atom stereocenters. The first-order chi connectivity index (χ1) is 58.9. The predicted octanol–water partition coefficient (Wildman–Crippen LogP) is 3.27. The number of nitrogens with two attached hydrogens (primary N) is 2. The van der Waals surface area contributed by atoms with Gasteiger partial charge in [0.1, 0.15) is 61.5 Å². The quantitative estimate of drug-likeness (QED) is 0.00352. The van der Waals surface area contributed by atoms with E-state index in [1.807, 2.05) is 20.8 Å². The van der Waals surface area contributed by atoms with Crippen LogP contribution in [0.5, 0.6) is 0 Å². The number of amidine groups is 1. The van der Waals surface area contributed by atoms with Crippen LogP contribution in [-0.2, 0) is 167 Å². The maximum Gasteiger partial charge on any atom is 1.00 e. The monoisotopic (exact) mass is 2250 g/mol. The SMILES string of the molecule is C.C.C.C.C.C.CC(=O)C(C)(C)O/N=C(/C#N)COC=O.CC(=O)C(C)(C)O/N=C(\COC=O)C(=N)N.CC(=O)C(C)(C)O/N=C(\COC=O)C(N)=O.CC(=O)O.CC(C)(C)OC(=O)C(C)(C)Br.CO.COC(=N)/C(COC=O)=N/OC(C)(C)C(C)=O.COC(=O)/C(COC=O)=N/OC(C)(C)C(C)=O.COC(=O)/C(COC=O)=N\O.C[O-].Cl.ClP(Cl)(Cl)(Cl)Cl.N.O=COCCCOC=O.O=N[O-].[Na+].[Na+]. The van der Waals surface area contributed by atoms with Gasteiger partial charge in [-0.1, -0.05) is 91.4 Å². The zero-order valence-electron chi connectivity index (χ0n) is 78.4. The molecule has 0 saturated carbocycles. The van der Waals surface area contributed by atoms with Gasteiger partial charge < -0.3 is 129 Å². The molecule has 0 bridgehead atoms. The van der Waals surface area contributed by atoms with E-state index in [4.69, 9.17) is 148 Å². The molecule has 0 radical (unpaired) electrons. The van der Waals surface area contributed by atoms with Crippen molar-refractivity contribution in [3.63, 3.8) is 0 Å². The Hall–Kier alpha value is -9.36. The third-order valence-corrected chi connectivity index (χ3v) is 11.9. The number of nitrogens with zero attached hydrogens (tertiary/aromatic N) is 8. The summed E-state index contributed by atoms with van der Waals surface area (Å²) in [5.41, 5.74) is 3.01. The average Bonchev–Trinajstić information content (AvgIpc) is 0.894. The van der Waals surface area contributed by atoms with Gasteiger partial charge >= 0.3 is 137 Å². The van der Waals surface area contributed by atoms with Gasteiger partial charge in [0, 0.05) is 20.5 Å². The van der Waals surface area contributed by atoms with E-state index in [1.165, 1.54) is 111 Å². The van der Waals surface area contributed by atoms with Gasteiger partial charge in [0.15, 0.2) is 79.8 Å². The van der Waals surface area contributed by atoms with Crippen molar-refractivity contribution in [2.45, 2.75) is 234 Å². The number of carbonyl (C=O) groups excluding carboxylic acids is 17. The van der Waals surface area contributed by atoms with Crippen LogP contribution in [0.1, 0.15) is 196 Å². The summed E-state index contributed by atoms with van der Waals surface area (Å²) in [6.07, 6.45) is 0.553. The van der Waals surface area contributed by atoms with Crippen molar-refractivity contribution in [1.29, 1.82) is 16.1 Å². The van der Waals surface area contributed by atoms with Crippen molar-refractivity contribution in [1.82, 2.24) is 6.15 Å². The molecule has 0 fully saturated rings. The number of aliphatic carboxylic acids is 1. The van der Waals surface area contributed by atoms with Crippen LogP contribution in [-0.4, -0.2) is 298 Å². The van der Waals surface area contributed by atoms with Crippen LogP contribution < -0.4 is 81.8 Å². The number of ketones is 5. The van der Waals surface area contributed by atoms with Gasteiger partial charge in [-0.05, 0) is 138 Å². The second kappa shape index (κ2) is 109. The molecule has 0 atom stereocenters. The van der Waals surface area contributed by atoms with Crippen LogP contribution in [0.3, 0.4) is 0 Å². The van der Waals surface area contributed by atoms with E-state index in [9.17, 15) is 81.5 Å². The molecule has 0 aromatic rings. The summed E-state index contributed by atoms with van der Waals surface area (Å²) in [4.78, 5) is 219. The van der Waals surface area contributed by atoms with Crippen molar-refractivity contribution in [3.8, 4) is 6.07 Å². The Labute approximate surface area is 893 Å². The number of carboxylic acid groups (broad SMARTS) is 1. The molecule has 0 aromatic carbocycles. The predicted molar refractivity (Wildman–Crippen MR) is 516 cm³/mol. The Morgan fingerprint density at radius 1 is 0.446 bits per heavy atom. The van der Waals surface area contributed by atoms with E-state index in [2.05, 4.69) is 99.0 Å². The first-order valence-electron chi connectivity index (χ1n) is 34.2. The summed E-state index contributed by atoms with van der Waals surface area (Å²) in [5.74, 6) is -5.48. The number of nitrogens with one attached hydrogen (secondary N) is 2. The largest absolute Gasteiger partial charge is 1.00 e. The molecule has 0 aromatic heterocycles. The Morgan fingerprint density at radius 3 is 0.871 bits per heavy atom. The molecule has 0 aliphatic rings. The molecule has 0 spiro atoms. The maximum absolute atomic E-state index is 11.2. The molecule has 0 heterocycles. The average molecular weight is 2250 g/mol. The van der Waals surface area contributed by atoms with Crippen LogP contribution in [0.15, 0.2) is 36.3 Å². The topological polar surface area (TPSA) is 833 Å². The number of methoxy groups -OCH3 is 3. The summed E-state index contributed by atoms with van der Waals surface area (Å²) < 4.78 is 48.6. The molecule has 64 heteroatoms. The standard InChI is InChI=1S/C10H16N2O5.C10H15NO6.C9H15N3O4.C9H14N2O5.C9H12N2O4.C8H15BrO2.C5H7NO5.C5H8O4.C2H4O2.CH4O.CH3O.6CH4.Cl5P.ClH.HNO2.H3N.2Na/c1-7(14)10(2,3)17-12-8(5-16-6-13)9(11)15-4;1-7(13)10(2,3)17-11-8(5-16-6-12)9(14)15-4;1-6(14)9(2,3)16-12-7(8(10)11)4-15-5-13;1-6(13)9(2,3)16-11-7(8(10)14)4-15-5-12;1-7(13)9(2,3)15-11-8(4-10)5-14-6-12;1-7(2,3)11-6(10)8(4,5)9;1-10-5(8)4(6-9)2-11-3-7;6-4-8-2-1-3-9-5-7;1-2(3)4;2*1-2;;;;;;;1-6(2,3,4)5;;2-1-3;;;/h6,11H,5H2,1-4H3;6H,5H2,1-4H3;5H,4H2,1-3H3,(H3,10,11);5H,4H2,1-3H3,(H2,10,14);6H,5H2,1-3H3;1-5H3;3,9H,2H2,1H3;4-5H,1-3H2;1H3,(H,3,4);2H,1H3;1H3;6*1H4;;1H;(H,2,3);1H3;;/q;;;;;;;;;;-1;;;;;;;;;;;2*+1/p-1/b11-9?,12-8+;11-8+;12-7+;11-7+;11-8-;;6-4-;;;;;;;;;;;;;;;;. The fourth-order valence-electron chi connectivity index (χ4n) is 3.68. The number of amides is 1. The van der Waals surface area contributed by atoms with E-state index in [0.717, 1.165) is 40.7 Å². The van der Waals surface area contributed by atoms with Crippen molar-refractivity contribution < 1.29 is 247 Å². The molecule has 12 N–H and O–H groups in total. The number of carboxylic acids is 1. The Balaban J connectivity index is -0.0000000512. The van der Waals surface area contributed by atoms with Gasteiger partial charge in [0.05, 0.1) is 34.5 Å². The molecule has 54 nitrogen and oxygen atoms in total. The van der Waals surface area contributed by atoms with Crippen LogP contribution in [0.4, 0.5) is 0 Å². The van der Waals surface area contributed by atoms with Crippen LogP contribution in [0.2, 0.25) is 0 Å². The van der Waals surface area contributed by atoms with E-state index in [1.54, 1.807) is 19.9 Å². The third-order valence-electron chi connectivity index (χ3n) is 11.6. The number of esters is 3. The second-order valence-corrected chi connectivity index (χ2v) is 44.0. The number of aliphatic hydroxyl groups is 1. The number of hydrogen-bond donors (Lipinski definition) is 8. The van der Waals surface area contributed by atoms with Gasteiger partial charge in [-0.15, -0.1) is 17.7 Å². The van der Waals surface area contributed by atoms with Crippen LogP contribution in [0, 0.1) is 32.3 Å². The van der Waals surface area contributed by atoms with Gasteiger partial charge in [0.2, 0.25) is 17.3 Å². The number of hydrogen-bond acceptors (Lipinski definition) is 51. The summed E-state index contributed by atoms with van der Waals surface area (Å²) >= 11 is 28.1. The first-order valence-corrected chi connectivity index (χ1v) is 41.8. The normalized spacial score (nSPS) is 10.4. The van der Waals surface area contributed by atoms with Crippen LogP contribution >= 0.6 is 87.9 Å². The molecular formula is C75H141BrCl6N13Na2O41P. The number of aliphatic hydroxyl groups excluding tert-OH is 1. The zero-order valence-corrected chi connectivity index (χ0v) is 89.5. The van der Waals surface area contributed by atoms with Gasteiger partial charge in [0.25, 0.3) is 63.7 Å². The van der Waals surface area contributed by atoms with E-state index < -0.39 is 78.3 Å². The van der Waals surface area contributed by atoms with Gasteiger partial charge in [-0.3, -0.25) is 87.5 Å². The first kappa shape index (κ1) is 189. The van der Waals surface area contributed by atoms with Crippen LogP contribution in [0.25, 0.3) is 0 Å². The minimum Gasteiger partial charge on any atom is -0.468 e. The smallest absolute Gasteiger partial charge is 0.468 e. The maximum atomic E-state index is 11.2.